The number of nitrogens with zero attached hydrogens (tertiary/aromatic N) is 1. The number of ether oxygens (including phenoxy) is 2. The number of unbranched alkanes of at least 4 members (excludes halogenated alkanes) is 25. The molecule has 0 fully saturated rings. The summed E-state index contributed by atoms with van der Waals surface area (Å²) in [4.78, 5) is 27.1. The van der Waals surface area contributed by atoms with Crippen LogP contribution in [0, 0.1) is 0 Å². The average molecular weight is 724 g/mol. The number of esters is 2. The van der Waals surface area contributed by atoms with Gasteiger partial charge >= 0.3 is 11.9 Å². The van der Waals surface area contributed by atoms with E-state index in [9.17, 15) is 14.7 Å². The summed E-state index contributed by atoms with van der Waals surface area (Å²) in [5.41, 5.74) is 0. The van der Waals surface area contributed by atoms with Crippen molar-refractivity contribution in [1.29, 1.82) is 0 Å². The van der Waals surface area contributed by atoms with Gasteiger partial charge in [0.15, 0.2) is 0 Å². The Balaban J connectivity index is 3.92. The first-order valence-electron chi connectivity index (χ1n) is 22.8. The van der Waals surface area contributed by atoms with Gasteiger partial charge in [0.2, 0.25) is 0 Å². The van der Waals surface area contributed by atoms with Crippen LogP contribution in [0.4, 0.5) is 0 Å². The maximum Gasteiger partial charge on any atom is 0.306 e. The molecular formula is C45H89NO5. The smallest absolute Gasteiger partial charge is 0.306 e. The molecule has 0 saturated heterocycles. The summed E-state index contributed by atoms with van der Waals surface area (Å²) in [6.07, 6.45) is 39.7. The first-order chi connectivity index (χ1) is 25.1. The summed E-state index contributed by atoms with van der Waals surface area (Å²) < 4.78 is 11.4. The molecule has 0 aromatic carbocycles. The molecule has 0 aromatic rings. The first-order valence-corrected chi connectivity index (χ1v) is 22.8. The van der Waals surface area contributed by atoms with Crippen molar-refractivity contribution >= 4 is 11.9 Å². The van der Waals surface area contributed by atoms with E-state index < -0.39 is 0 Å². The highest BCUT2D eigenvalue weighted by molar-refractivity contribution is 5.69. The van der Waals surface area contributed by atoms with Crippen molar-refractivity contribution in [2.24, 2.45) is 0 Å². The summed E-state index contributed by atoms with van der Waals surface area (Å²) in [5, 5.41) is 9.55. The van der Waals surface area contributed by atoms with Crippen LogP contribution in [0.5, 0.6) is 0 Å². The number of hydrogen-bond donors (Lipinski definition) is 1. The average Bonchev–Trinajstić information content (AvgIpc) is 3.12. The Labute approximate surface area is 318 Å². The molecule has 0 amide bonds. The topological polar surface area (TPSA) is 76.1 Å². The maximum absolute atomic E-state index is 12.7. The van der Waals surface area contributed by atoms with Gasteiger partial charge < -0.3 is 19.5 Å². The Morgan fingerprint density at radius 2 is 0.824 bits per heavy atom. The monoisotopic (exact) mass is 724 g/mol. The molecule has 51 heavy (non-hydrogen) atoms. The van der Waals surface area contributed by atoms with E-state index >= 15 is 0 Å². The molecule has 0 radical (unpaired) electrons. The van der Waals surface area contributed by atoms with Crippen LogP contribution in [0.1, 0.15) is 239 Å². The van der Waals surface area contributed by atoms with Crippen molar-refractivity contribution in [2.75, 3.05) is 32.8 Å². The quantitative estimate of drug-likeness (QED) is 0.0499. The summed E-state index contributed by atoms with van der Waals surface area (Å²) in [7, 11) is 0. The van der Waals surface area contributed by atoms with Gasteiger partial charge in [-0.1, -0.05) is 168 Å². The lowest BCUT2D eigenvalue weighted by Crippen LogP contribution is -2.29. The molecule has 0 saturated carbocycles. The van der Waals surface area contributed by atoms with Gasteiger partial charge in [-0.05, 0) is 70.9 Å². The van der Waals surface area contributed by atoms with E-state index in [4.69, 9.17) is 9.47 Å². The van der Waals surface area contributed by atoms with E-state index in [1.54, 1.807) is 0 Å². The third-order valence-electron chi connectivity index (χ3n) is 10.4. The number of rotatable bonds is 42. The Morgan fingerprint density at radius 1 is 0.451 bits per heavy atom. The zero-order valence-corrected chi connectivity index (χ0v) is 34.7. The minimum Gasteiger partial charge on any atom is -0.466 e. The highest BCUT2D eigenvalue weighted by Crippen LogP contribution is 2.18. The van der Waals surface area contributed by atoms with Crippen LogP contribution in [0.2, 0.25) is 0 Å². The fraction of sp³-hybridized carbons (Fsp3) is 0.956. The van der Waals surface area contributed by atoms with Crippen molar-refractivity contribution in [3.63, 3.8) is 0 Å². The largest absolute Gasteiger partial charge is 0.466 e. The van der Waals surface area contributed by atoms with Gasteiger partial charge in [0, 0.05) is 19.4 Å². The molecule has 304 valence electrons. The summed E-state index contributed by atoms with van der Waals surface area (Å²) in [6.45, 7) is 10.4. The van der Waals surface area contributed by atoms with E-state index in [0.717, 1.165) is 90.3 Å². The van der Waals surface area contributed by atoms with Gasteiger partial charge in [-0.15, -0.1) is 0 Å². The van der Waals surface area contributed by atoms with E-state index in [1.807, 2.05) is 0 Å². The van der Waals surface area contributed by atoms with Crippen molar-refractivity contribution in [1.82, 2.24) is 4.90 Å². The minimum atomic E-state index is -0.0294. The van der Waals surface area contributed by atoms with Crippen molar-refractivity contribution < 1.29 is 24.2 Å². The van der Waals surface area contributed by atoms with Gasteiger partial charge in [-0.25, -0.2) is 0 Å². The highest BCUT2D eigenvalue weighted by atomic mass is 16.5. The normalized spacial score (nSPS) is 11.6. The third-order valence-corrected chi connectivity index (χ3v) is 10.4. The zero-order valence-electron chi connectivity index (χ0n) is 34.7. The molecule has 0 unspecified atom stereocenters. The lowest BCUT2D eigenvalue weighted by atomic mass is 10.0. The molecule has 0 atom stereocenters. The lowest BCUT2D eigenvalue weighted by Gasteiger charge is -2.21. The molecule has 0 aromatic heterocycles. The third kappa shape index (κ3) is 38.4. The van der Waals surface area contributed by atoms with Gasteiger partial charge in [0.05, 0.1) is 13.2 Å². The fourth-order valence-electron chi connectivity index (χ4n) is 7.05. The Kier molecular flexibility index (Phi) is 40.7. The van der Waals surface area contributed by atoms with Crippen molar-refractivity contribution in [3.05, 3.63) is 0 Å². The molecule has 6 nitrogen and oxygen atoms in total. The summed E-state index contributed by atoms with van der Waals surface area (Å²) >= 11 is 0. The first kappa shape index (κ1) is 49.9. The Morgan fingerprint density at radius 3 is 1.27 bits per heavy atom. The van der Waals surface area contributed by atoms with Crippen molar-refractivity contribution in [3.8, 4) is 0 Å². The molecular weight excluding hydrogens is 634 g/mol. The van der Waals surface area contributed by atoms with Crippen LogP contribution in [0.3, 0.4) is 0 Å². The Bertz CT molecular complexity index is 701. The second kappa shape index (κ2) is 41.6. The molecule has 0 aliphatic carbocycles. The SMILES string of the molecule is CCCCCCCCCCOC(=O)CCCCCCCN(CCO)CCCCCCCC(=O)OC(CCCCCCCC)CCCCCCCC. The number of aliphatic hydroxyl groups excluding tert-OH is 1. The van der Waals surface area contributed by atoms with Gasteiger partial charge in [-0.2, -0.15) is 0 Å². The molecule has 0 aliphatic rings. The summed E-state index contributed by atoms with van der Waals surface area (Å²) in [6, 6.07) is 0. The van der Waals surface area contributed by atoms with E-state index in [-0.39, 0.29) is 24.6 Å². The van der Waals surface area contributed by atoms with Crippen LogP contribution in [-0.4, -0.2) is 60.9 Å². The molecule has 6 heteroatoms. The number of aliphatic hydroxyl groups is 1. The second-order valence-electron chi connectivity index (χ2n) is 15.5. The Hall–Kier alpha value is -1.14. The van der Waals surface area contributed by atoms with Crippen LogP contribution < -0.4 is 0 Å². The predicted molar refractivity (Wildman–Crippen MR) is 218 cm³/mol. The zero-order chi connectivity index (χ0) is 37.3. The van der Waals surface area contributed by atoms with Crippen LogP contribution in [0.15, 0.2) is 0 Å². The van der Waals surface area contributed by atoms with Crippen LogP contribution in [0.25, 0.3) is 0 Å². The lowest BCUT2D eigenvalue weighted by molar-refractivity contribution is -0.150. The molecule has 1 N–H and O–H groups in total. The molecule has 0 heterocycles. The highest BCUT2D eigenvalue weighted by Gasteiger charge is 2.14. The molecule has 0 spiro atoms. The molecule has 0 bridgehead atoms. The number of carbonyl (C=O) groups excluding carboxylic acids is 2. The van der Waals surface area contributed by atoms with Crippen LogP contribution in [-0.2, 0) is 19.1 Å². The van der Waals surface area contributed by atoms with Gasteiger partial charge in [-0.3, -0.25) is 9.59 Å². The fourth-order valence-corrected chi connectivity index (χ4v) is 7.05. The van der Waals surface area contributed by atoms with E-state index in [1.165, 1.54) is 135 Å². The van der Waals surface area contributed by atoms with E-state index in [2.05, 4.69) is 25.7 Å². The maximum atomic E-state index is 12.7. The standard InChI is InChI=1S/C45H89NO5/c1-4-7-10-13-16-17-26-33-42-50-44(48)36-29-22-18-24-31-38-46(40-41-47)39-32-25-19-23-30-37-45(49)51-43(34-27-20-14-11-8-5-2)35-28-21-15-12-9-6-3/h43,47H,4-42H2,1-3H3. The summed E-state index contributed by atoms with van der Waals surface area (Å²) in [5.74, 6) is -0.0154. The molecule has 0 aliphatic heterocycles. The number of hydrogen-bond acceptors (Lipinski definition) is 6. The minimum absolute atomic E-state index is 0.0140. The van der Waals surface area contributed by atoms with Gasteiger partial charge in [0.1, 0.15) is 6.10 Å². The van der Waals surface area contributed by atoms with Crippen molar-refractivity contribution in [2.45, 2.75) is 245 Å². The van der Waals surface area contributed by atoms with Gasteiger partial charge in [0.25, 0.3) is 0 Å². The number of carbonyl (C=O) groups is 2. The predicted octanol–water partition coefficient (Wildman–Crippen LogP) is 13.1. The second-order valence-corrected chi connectivity index (χ2v) is 15.5. The van der Waals surface area contributed by atoms with Crippen LogP contribution >= 0.6 is 0 Å². The van der Waals surface area contributed by atoms with E-state index in [0.29, 0.717) is 19.4 Å². The molecule has 0 rings (SSSR count).